The molecule has 1 aromatic heterocycles. The Labute approximate surface area is 89.0 Å². The summed E-state index contributed by atoms with van der Waals surface area (Å²) in [6, 6.07) is 3.50. The minimum absolute atomic E-state index is 0.0526. The zero-order chi connectivity index (χ0) is 10.8. The Morgan fingerprint density at radius 3 is 2.93 bits per heavy atom. The Morgan fingerprint density at radius 1 is 1.60 bits per heavy atom. The maximum absolute atomic E-state index is 7.35. The van der Waals surface area contributed by atoms with E-state index >= 15 is 0 Å². The Kier molecular flexibility index (Phi) is 2.58. The van der Waals surface area contributed by atoms with Crippen LogP contribution in [-0.2, 0) is 0 Å². The fraction of sp³-hybridized carbons (Fsp3) is 0.455. The first-order valence-corrected chi connectivity index (χ1v) is 5.11. The molecule has 0 spiro atoms. The third-order valence-corrected chi connectivity index (χ3v) is 2.40. The summed E-state index contributed by atoms with van der Waals surface area (Å²) in [6.07, 6.45) is 2.51. The molecule has 1 aliphatic carbocycles. The molecule has 0 amide bonds. The van der Waals surface area contributed by atoms with Crippen LogP contribution in [0.5, 0.6) is 5.88 Å². The van der Waals surface area contributed by atoms with Gasteiger partial charge in [0.2, 0.25) is 5.88 Å². The number of aryl methyl sites for hydroxylation is 1. The molecule has 15 heavy (non-hydrogen) atoms. The van der Waals surface area contributed by atoms with Crippen LogP contribution in [0, 0.1) is 18.3 Å². The van der Waals surface area contributed by atoms with E-state index < -0.39 is 0 Å². The van der Waals surface area contributed by atoms with Crippen molar-refractivity contribution in [1.82, 2.24) is 4.98 Å². The van der Waals surface area contributed by atoms with Gasteiger partial charge in [-0.05, 0) is 31.7 Å². The maximum atomic E-state index is 7.35. The second-order valence-corrected chi connectivity index (χ2v) is 4.00. The number of aromatic nitrogens is 1. The number of nitrogens with zero attached hydrogens (tertiary/aromatic N) is 1. The number of pyridine rings is 1. The first-order chi connectivity index (χ1) is 7.15. The fourth-order valence-corrected chi connectivity index (χ4v) is 1.36. The summed E-state index contributed by atoms with van der Waals surface area (Å²) < 4.78 is 5.54. The molecular weight excluding hydrogens is 190 g/mol. The van der Waals surface area contributed by atoms with E-state index in [0.29, 0.717) is 17.4 Å². The van der Waals surface area contributed by atoms with Gasteiger partial charge < -0.3 is 10.5 Å². The molecule has 80 valence electrons. The van der Waals surface area contributed by atoms with Crippen molar-refractivity contribution in [3.63, 3.8) is 0 Å². The summed E-state index contributed by atoms with van der Waals surface area (Å²) in [5, 5.41) is 7.35. The highest BCUT2D eigenvalue weighted by Crippen LogP contribution is 2.29. The van der Waals surface area contributed by atoms with Gasteiger partial charge in [-0.25, -0.2) is 4.98 Å². The Bertz CT molecular complexity index is 385. The highest BCUT2D eigenvalue weighted by Gasteiger charge is 2.22. The fourth-order valence-electron chi connectivity index (χ4n) is 1.36. The molecule has 4 nitrogen and oxygen atoms in total. The first-order valence-electron chi connectivity index (χ1n) is 5.11. The normalized spacial score (nSPS) is 15.0. The third kappa shape index (κ3) is 2.68. The van der Waals surface area contributed by atoms with Crippen molar-refractivity contribution in [1.29, 1.82) is 5.41 Å². The van der Waals surface area contributed by atoms with E-state index in [4.69, 9.17) is 15.9 Å². The average Bonchev–Trinajstić information content (AvgIpc) is 2.97. The lowest BCUT2D eigenvalue weighted by molar-refractivity contribution is 0.288. The minimum atomic E-state index is 0.0526. The van der Waals surface area contributed by atoms with E-state index in [-0.39, 0.29) is 5.84 Å². The highest BCUT2D eigenvalue weighted by molar-refractivity contribution is 5.95. The van der Waals surface area contributed by atoms with Crippen molar-refractivity contribution in [3.8, 4) is 5.88 Å². The van der Waals surface area contributed by atoms with Crippen LogP contribution in [0.15, 0.2) is 12.1 Å². The molecule has 3 N–H and O–H groups in total. The van der Waals surface area contributed by atoms with Crippen LogP contribution in [0.3, 0.4) is 0 Å². The molecule has 0 aromatic carbocycles. The van der Waals surface area contributed by atoms with E-state index in [1.807, 2.05) is 6.92 Å². The smallest absolute Gasteiger partial charge is 0.214 e. The van der Waals surface area contributed by atoms with Gasteiger partial charge in [-0.1, -0.05) is 0 Å². The van der Waals surface area contributed by atoms with Crippen molar-refractivity contribution in [2.24, 2.45) is 11.7 Å². The van der Waals surface area contributed by atoms with Crippen molar-refractivity contribution < 1.29 is 4.74 Å². The summed E-state index contributed by atoms with van der Waals surface area (Å²) in [4.78, 5) is 4.24. The summed E-state index contributed by atoms with van der Waals surface area (Å²) in [5.74, 6) is 1.33. The number of nitrogens with one attached hydrogen (secondary N) is 1. The first kappa shape index (κ1) is 9.96. The van der Waals surface area contributed by atoms with Crippen molar-refractivity contribution in [2.45, 2.75) is 19.8 Å². The third-order valence-electron chi connectivity index (χ3n) is 2.40. The van der Waals surface area contributed by atoms with E-state index in [0.717, 1.165) is 12.3 Å². The number of hydrogen-bond donors (Lipinski definition) is 2. The molecule has 2 rings (SSSR count). The predicted octanol–water partition coefficient (Wildman–Crippen LogP) is 1.46. The zero-order valence-electron chi connectivity index (χ0n) is 8.79. The van der Waals surface area contributed by atoms with Crippen LogP contribution >= 0.6 is 0 Å². The SMILES string of the molecule is Cc1cc(C(=N)N)cc(OCC2CC2)n1. The van der Waals surface area contributed by atoms with Gasteiger partial charge >= 0.3 is 0 Å². The highest BCUT2D eigenvalue weighted by atomic mass is 16.5. The lowest BCUT2D eigenvalue weighted by atomic mass is 10.2. The average molecular weight is 205 g/mol. The molecule has 1 aliphatic rings. The monoisotopic (exact) mass is 205 g/mol. The Hall–Kier alpha value is -1.58. The molecule has 1 saturated carbocycles. The van der Waals surface area contributed by atoms with E-state index in [1.54, 1.807) is 12.1 Å². The molecule has 4 heteroatoms. The number of amidine groups is 1. The summed E-state index contributed by atoms with van der Waals surface area (Å²) in [6.45, 7) is 2.60. The van der Waals surface area contributed by atoms with Gasteiger partial charge in [0.15, 0.2) is 0 Å². The number of rotatable bonds is 4. The van der Waals surface area contributed by atoms with Crippen molar-refractivity contribution >= 4 is 5.84 Å². The molecule has 0 aliphatic heterocycles. The lowest BCUT2D eigenvalue weighted by Gasteiger charge is -2.07. The van der Waals surface area contributed by atoms with Crippen LogP contribution in [0.25, 0.3) is 0 Å². The van der Waals surface area contributed by atoms with Gasteiger partial charge in [0.25, 0.3) is 0 Å². The second kappa shape index (κ2) is 3.88. The van der Waals surface area contributed by atoms with Crippen LogP contribution in [0.4, 0.5) is 0 Å². The number of nitrogens with two attached hydrogens (primary N) is 1. The van der Waals surface area contributed by atoms with Gasteiger partial charge in [0.1, 0.15) is 5.84 Å². The lowest BCUT2D eigenvalue weighted by Crippen LogP contribution is -2.12. The van der Waals surface area contributed by atoms with Gasteiger partial charge in [0, 0.05) is 17.3 Å². The largest absolute Gasteiger partial charge is 0.477 e. The van der Waals surface area contributed by atoms with Crippen LogP contribution < -0.4 is 10.5 Å². The minimum Gasteiger partial charge on any atom is -0.477 e. The van der Waals surface area contributed by atoms with Gasteiger partial charge in [-0.3, -0.25) is 5.41 Å². The molecule has 1 aromatic rings. The van der Waals surface area contributed by atoms with E-state index in [1.165, 1.54) is 12.8 Å². The summed E-state index contributed by atoms with van der Waals surface area (Å²) in [7, 11) is 0. The van der Waals surface area contributed by atoms with Crippen molar-refractivity contribution in [2.75, 3.05) is 6.61 Å². The Balaban J connectivity index is 2.10. The molecule has 0 saturated heterocycles. The van der Waals surface area contributed by atoms with Gasteiger partial charge in [0.05, 0.1) is 6.61 Å². The molecule has 1 fully saturated rings. The maximum Gasteiger partial charge on any atom is 0.214 e. The topological polar surface area (TPSA) is 72.0 Å². The molecule has 0 radical (unpaired) electrons. The summed E-state index contributed by atoms with van der Waals surface area (Å²) >= 11 is 0. The molecule has 0 unspecified atom stereocenters. The number of nitrogen functional groups attached to an aromatic ring is 1. The molecule has 0 atom stereocenters. The van der Waals surface area contributed by atoms with Crippen LogP contribution in [-0.4, -0.2) is 17.4 Å². The van der Waals surface area contributed by atoms with E-state index in [9.17, 15) is 0 Å². The standard InChI is InChI=1S/C11H15N3O/c1-7-4-9(11(12)13)5-10(14-7)15-6-8-2-3-8/h4-5,8H,2-3,6H2,1H3,(H3,12,13). The van der Waals surface area contributed by atoms with Gasteiger partial charge in [-0.2, -0.15) is 0 Å². The predicted molar refractivity (Wildman–Crippen MR) is 58.2 cm³/mol. The Morgan fingerprint density at radius 2 is 2.33 bits per heavy atom. The van der Waals surface area contributed by atoms with Crippen LogP contribution in [0.2, 0.25) is 0 Å². The number of hydrogen-bond acceptors (Lipinski definition) is 3. The van der Waals surface area contributed by atoms with E-state index in [2.05, 4.69) is 4.98 Å². The molecule has 0 bridgehead atoms. The zero-order valence-corrected chi connectivity index (χ0v) is 8.79. The summed E-state index contributed by atoms with van der Waals surface area (Å²) in [5.41, 5.74) is 6.92. The molecule has 1 heterocycles. The second-order valence-electron chi connectivity index (χ2n) is 4.00. The quantitative estimate of drug-likeness (QED) is 0.577. The van der Waals surface area contributed by atoms with Crippen LogP contribution in [0.1, 0.15) is 24.1 Å². The number of ether oxygens (including phenoxy) is 1. The van der Waals surface area contributed by atoms with Crippen molar-refractivity contribution in [3.05, 3.63) is 23.4 Å². The molecular formula is C11H15N3O. The van der Waals surface area contributed by atoms with Gasteiger partial charge in [-0.15, -0.1) is 0 Å².